The highest BCUT2D eigenvalue weighted by molar-refractivity contribution is 6.08. The number of amides is 1. The lowest BCUT2D eigenvalue weighted by atomic mass is 9.87. The predicted molar refractivity (Wildman–Crippen MR) is 74.5 cm³/mol. The molecule has 100 valence electrons. The summed E-state index contributed by atoms with van der Waals surface area (Å²) in [6.07, 6.45) is 3.55. The van der Waals surface area contributed by atoms with Crippen molar-refractivity contribution in [1.29, 1.82) is 0 Å². The number of aliphatic hydroxyl groups excluding tert-OH is 1. The molecule has 19 heavy (non-hydrogen) atoms. The fourth-order valence-corrected chi connectivity index (χ4v) is 3.11. The van der Waals surface area contributed by atoms with E-state index in [1.54, 1.807) is 0 Å². The monoisotopic (exact) mass is 257 g/mol. The molecule has 1 aliphatic carbocycles. The zero-order valence-corrected chi connectivity index (χ0v) is 11.0. The predicted octanol–water partition coefficient (Wildman–Crippen LogP) is 2.66. The minimum Gasteiger partial charge on any atom is -0.393 e. The largest absolute Gasteiger partial charge is 0.393 e. The number of fused-ring (bicyclic) bond motifs is 1. The molecule has 0 unspecified atom stereocenters. The SMILES string of the molecule is C=C1c2ccccc2C(=O)N1CC1CCC(O)CC1. The van der Waals surface area contributed by atoms with Crippen molar-refractivity contribution in [3.05, 3.63) is 42.0 Å². The van der Waals surface area contributed by atoms with E-state index >= 15 is 0 Å². The van der Waals surface area contributed by atoms with E-state index < -0.39 is 0 Å². The van der Waals surface area contributed by atoms with Gasteiger partial charge in [0.2, 0.25) is 0 Å². The second kappa shape index (κ2) is 4.82. The Morgan fingerprint density at radius 3 is 2.42 bits per heavy atom. The Kier molecular flexibility index (Phi) is 3.15. The van der Waals surface area contributed by atoms with E-state index in [-0.39, 0.29) is 12.0 Å². The van der Waals surface area contributed by atoms with Crippen molar-refractivity contribution < 1.29 is 9.90 Å². The first-order valence-corrected chi connectivity index (χ1v) is 6.95. The number of rotatable bonds is 2. The van der Waals surface area contributed by atoms with Gasteiger partial charge in [-0.1, -0.05) is 24.8 Å². The average Bonchev–Trinajstić information content (AvgIpc) is 2.67. The number of aliphatic hydroxyl groups is 1. The molecule has 1 aromatic rings. The summed E-state index contributed by atoms with van der Waals surface area (Å²) in [7, 11) is 0. The van der Waals surface area contributed by atoms with Gasteiger partial charge in [-0.3, -0.25) is 4.79 Å². The van der Waals surface area contributed by atoms with Gasteiger partial charge in [0, 0.05) is 23.4 Å². The first-order chi connectivity index (χ1) is 9.16. The summed E-state index contributed by atoms with van der Waals surface area (Å²) < 4.78 is 0. The van der Waals surface area contributed by atoms with Crippen LogP contribution in [0.1, 0.15) is 41.6 Å². The number of carbonyl (C=O) groups is 1. The molecule has 1 aromatic carbocycles. The molecule has 1 heterocycles. The summed E-state index contributed by atoms with van der Waals surface area (Å²) in [5.41, 5.74) is 2.55. The summed E-state index contributed by atoms with van der Waals surface area (Å²) in [5.74, 6) is 0.560. The fourth-order valence-electron chi connectivity index (χ4n) is 3.11. The minimum atomic E-state index is -0.147. The van der Waals surface area contributed by atoms with Crippen LogP contribution in [0.25, 0.3) is 5.70 Å². The molecule has 1 amide bonds. The average molecular weight is 257 g/mol. The van der Waals surface area contributed by atoms with Crippen LogP contribution in [0.15, 0.2) is 30.8 Å². The zero-order chi connectivity index (χ0) is 13.4. The molecule has 3 rings (SSSR count). The molecule has 0 spiro atoms. The van der Waals surface area contributed by atoms with Crippen molar-refractivity contribution in [3.63, 3.8) is 0 Å². The molecule has 0 aromatic heterocycles. The van der Waals surface area contributed by atoms with Crippen LogP contribution in [0.5, 0.6) is 0 Å². The van der Waals surface area contributed by atoms with E-state index in [4.69, 9.17) is 0 Å². The molecular weight excluding hydrogens is 238 g/mol. The van der Waals surface area contributed by atoms with Gasteiger partial charge in [0.05, 0.1) is 6.10 Å². The van der Waals surface area contributed by atoms with Crippen LogP contribution in [0.4, 0.5) is 0 Å². The number of hydrogen-bond acceptors (Lipinski definition) is 2. The Morgan fingerprint density at radius 1 is 1.16 bits per heavy atom. The maximum absolute atomic E-state index is 12.4. The Labute approximate surface area is 113 Å². The smallest absolute Gasteiger partial charge is 0.258 e. The van der Waals surface area contributed by atoms with Crippen LogP contribution < -0.4 is 0 Å². The topological polar surface area (TPSA) is 40.5 Å². The third-order valence-electron chi connectivity index (χ3n) is 4.30. The van der Waals surface area contributed by atoms with E-state index in [0.29, 0.717) is 5.92 Å². The first-order valence-electron chi connectivity index (χ1n) is 6.95. The second-order valence-corrected chi connectivity index (χ2v) is 5.58. The number of hydrogen-bond donors (Lipinski definition) is 1. The van der Waals surface area contributed by atoms with Gasteiger partial charge in [-0.2, -0.15) is 0 Å². The molecule has 3 heteroatoms. The molecule has 0 saturated heterocycles. The lowest BCUT2D eigenvalue weighted by Crippen LogP contribution is -2.32. The molecule has 1 fully saturated rings. The van der Waals surface area contributed by atoms with Gasteiger partial charge < -0.3 is 10.0 Å². The van der Waals surface area contributed by atoms with Crippen LogP contribution in [0, 0.1) is 5.92 Å². The lowest BCUT2D eigenvalue weighted by molar-refractivity contribution is 0.0771. The summed E-state index contributed by atoms with van der Waals surface area (Å²) in [4.78, 5) is 14.2. The van der Waals surface area contributed by atoms with Gasteiger partial charge in [0.25, 0.3) is 5.91 Å². The molecule has 1 saturated carbocycles. The van der Waals surface area contributed by atoms with Crippen LogP contribution in [-0.4, -0.2) is 28.6 Å². The molecular formula is C16H19NO2. The highest BCUT2D eigenvalue weighted by Crippen LogP contribution is 2.34. The van der Waals surface area contributed by atoms with E-state index in [2.05, 4.69) is 6.58 Å². The molecule has 3 nitrogen and oxygen atoms in total. The van der Waals surface area contributed by atoms with Crippen molar-refractivity contribution in [1.82, 2.24) is 4.90 Å². The van der Waals surface area contributed by atoms with Crippen LogP contribution in [0.3, 0.4) is 0 Å². The third kappa shape index (κ3) is 2.19. The molecule has 0 radical (unpaired) electrons. The standard InChI is InChI=1S/C16H19NO2/c1-11-14-4-2-3-5-15(14)16(19)17(11)10-12-6-8-13(18)9-7-12/h2-5,12-13,18H,1,6-10H2. The Hall–Kier alpha value is -1.61. The molecule has 1 N–H and O–H groups in total. The first kappa shape index (κ1) is 12.4. The highest BCUT2D eigenvalue weighted by atomic mass is 16.3. The zero-order valence-electron chi connectivity index (χ0n) is 11.0. The maximum Gasteiger partial charge on any atom is 0.258 e. The quantitative estimate of drug-likeness (QED) is 0.885. The van der Waals surface area contributed by atoms with E-state index in [1.165, 1.54) is 0 Å². The second-order valence-electron chi connectivity index (χ2n) is 5.58. The van der Waals surface area contributed by atoms with E-state index in [0.717, 1.165) is 49.1 Å². The Balaban J connectivity index is 1.74. The number of benzene rings is 1. The normalized spacial score (nSPS) is 26.7. The summed E-state index contributed by atoms with van der Waals surface area (Å²) in [6, 6.07) is 7.66. The van der Waals surface area contributed by atoms with Crippen LogP contribution in [0.2, 0.25) is 0 Å². The van der Waals surface area contributed by atoms with Crippen LogP contribution >= 0.6 is 0 Å². The highest BCUT2D eigenvalue weighted by Gasteiger charge is 2.32. The van der Waals surface area contributed by atoms with Gasteiger partial charge in [-0.25, -0.2) is 0 Å². The Morgan fingerprint density at radius 2 is 1.79 bits per heavy atom. The summed E-state index contributed by atoms with van der Waals surface area (Å²) in [5, 5.41) is 9.54. The lowest BCUT2D eigenvalue weighted by Gasteiger charge is -2.29. The Bertz CT molecular complexity index is 480. The van der Waals surface area contributed by atoms with Crippen molar-refractivity contribution in [2.45, 2.75) is 31.8 Å². The summed E-state index contributed by atoms with van der Waals surface area (Å²) in [6.45, 7) is 4.80. The number of nitrogens with zero attached hydrogens (tertiary/aromatic N) is 1. The molecule has 0 atom stereocenters. The van der Waals surface area contributed by atoms with Crippen molar-refractivity contribution >= 4 is 11.6 Å². The molecule has 0 bridgehead atoms. The van der Waals surface area contributed by atoms with E-state index in [9.17, 15) is 9.90 Å². The summed E-state index contributed by atoms with van der Waals surface area (Å²) >= 11 is 0. The molecule has 2 aliphatic rings. The van der Waals surface area contributed by atoms with Crippen molar-refractivity contribution in [2.24, 2.45) is 5.92 Å². The van der Waals surface area contributed by atoms with Gasteiger partial charge in [-0.15, -0.1) is 0 Å². The maximum atomic E-state index is 12.4. The minimum absolute atomic E-state index is 0.0757. The van der Waals surface area contributed by atoms with Crippen LogP contribution in [-0.2, 0) is 0 Å². The van der Waals surface area contributed by atoms with Gasteiger partial charge in [0.1, 0.15) is 0 Å². The van der Waals surface area contributed by atoms with Crippen molar-refractivity contribution in [3.8, 4) is 0 Å². The van der Waals surface area contributed by atoms with Gasteiger partial charge >= 0.3 is 0 Å². The van der Waals surface area contributed by atoms with Gasteiger partial charge in [-0.05, 0) is 37.7 Å². The van der Waals surface area contributed by atoms with E-state index in [1.807, 2.05) is 29.2 Å². The number of carbonyl (C=O) groups excluding carboxylic acids is 1. The van der Waals surface area contributed by atoms with Gasteiger partial charge in [0.15, 0.2) is 0 Å². The fraction of sp³-hybridized carbons (Fsp3) is 0.438. The molecule has 1 aliphatic heterocycles. The third-order valence-corrected chi connectivity index (χ3v) is 4.30. The van der Waals surface area contributed by atoms with Crippen molar-refractivity contribution in [2.75, 3.05) is 6.54 Å².